The summed E-state index contributed by atoms with van der Waals surface area (Å²) in [6, 6.07) is 8.37. The molecular formula is C22H29N3O2. The number of para-hydroxylation sites is 1. The molecule has 0 saturated carbocycles. The molecule has 0 unspecified atom stereocenters. The molecule has 0 amide bonds. The highest BCUT2D eigenvalue weighted by atomic mass is 16.5. The third kappa shape index (κ3) is 2.71. The molecule has 5 rings (SSSR count). The van der Waals surface area contributed by atoms with Crippen molar-refractivity contribution in [2.24, 2.45) is 18.4 Å². The summed E-state index contributed by atoms with van der Waals surface area (Å²) in [5, 5.41) is 4.37. The SMILES string of the molecule is Cc1c(CN2CC3(CO[C@@H]4c5ccccc5OC(C)(C)[C@H]4C3)C2)cnn1C. The van der Waals surface area contributed by atoms with Crippen LogP contribution in [0.2, 0.25) is 0 Å². The maximum absolute atomic E-state index is 6.50. The topological polar surface area (TPSA) is 39.5 Å². The highest BCUT2D eigenvalue weighted by molar-refractivity contribution is 5.39. The molecule has 3 aliphatic rings. The van der Waals surface area contributed by atoms with Gasteiger partial charge in [0.2, 0.25) is 0 Å². The lowest BCUT2D eigenvalue weighted by Gasteiger charge is -2.58. The maximum atomic E-state index is 6.50. The molecule has 27 heavy (non-hydrogen) atoms. The maximum Gasteiger partial charge on any atom is 0.125 e. The number of ether oxygens (including phenoxy) is 2. The van der Waals surface area contributed by atoms with Crippen molar-refractivity contribution >= 4 is 0 Å². The van der Waals surface area contributed by atoms with Gasteiger partial charge in [-0.25, -0.2) is 0 Å². The van der Waals surface area contributed by atoms with Crippen LogP contribution >= 0.6 is 0 Å². The Labute approximate surface area is 161 Å². The molecule has 3 aliphatic heterocycles. The van der Waals surface area contributed by atoms with Crippen molar-refractivity contribution in [2.45, 2.75) is 45.4 Å². The lowest BCUT2D eigenvalue weighted by Crippen LogP contribution is -2.63. The summed E-state index contributed by atoms with van der Waals surface area (Å²) in [5.74, 6) is 1.38. The molecule has 1 aromatic carbocycles. The number of rotatable bonds is 2. The third-order valence-corrected chi connectivity index (χ3v) is 6.93. The number of hydrogen-bond donors (Lipinski definition) is 0. The van der Waals surface area contributed by atoms with E-state index in [0.717, 1.165) is 32.0 Å². The summed E-state index contributed by atoms with van der Waals surface area (Å²) in [4.78, 5) is 2.53. The quantitative estimate of drug-likeness (QED) is 0.815. The summed E-state index contributed by atoms with van der Waals surface area (Å²) in [7, 11) is 2.01. The van der Waals surface area contributed by atoms with E-state index in [0.29, 0.717) is 5.92 Å². The average Bonchev–Trinajstić information content (AvgIpc) is 2.92. The van der Waals surface area contributed by atoms with Crippen LogP contribution in [0.1, 0.15) is 43.2 Å². The first-order valence-electron chi connectivity index (χ1n) is 9.96. The Morgan fingerprint density at radius 2 is 2.00 bits per heavy atom. The molecule has 144 valence electrons. The van der Waals surface area contributed by atoms with Gasteiger partial charge in [0.15, 0.2) is 0 Å². The van der Waals surface area contributed by atoms with Gasteiger partial charge in [-0.3, -0.25) is 9.58 Å². The number of hydrogen-bond acceptors (Lipinski definition) is 4. The molecule has 5 heteroatoms. The second kappa shape index (κ2) is 5.82. The van der Waals surface area contributed by atoms with Crippen LogP contribution in [0.5, 0.6) is 5.75 Å². The zero-order valence-corrected chi connectivity index (χ0v) is 16.7. The van der Waals surface area contributed by atoms with Crippen LogP contribution in [-0.4, -0.2) is 40.0 Å². The molecule has 0 bridgehead atoms. The predicted octanol–water partition coefficient (Wildman–Crippen LogP) is 3.48. The predicted molar refractivity (Wildman–Crippen MR) is 104 cm³/mol. The molecular weight excluding hydrogens is 338 g/mol. The van der Waals surface area contributed by atoms with Crippen molar-refractivity contribution in [3.8, 4) is 5.75 Å². The van der Waals surface area contributed by atoms with E-state index in [2.05, 4.69) is 49.0 Å². The van der Waals surface area contributed by atoms with Gasteiger partial charge in [0.1, 0.15) is 11.4 Å². The molecule has 2 atom stereocenters. The Balaban J connectivity index is 1.31. The minimum Gasteiger partial charge on any atom is -0.487 e. The van der Waals surface area contributed by atoms with Crippen molar-refractivity contribution in [1.29, 1.82) is 0 Å². The van der Waals surface area contributed by atoms with E-state index in [4.69, 9.17) is 9.47 Å². The van der Waals surface area contributed by atoms with Crippen LogP contribution < -0.4 is 4.74 Å². The Kier molecular flexibility index (Phi) is 3.72. The standard InChI is InChI=1S/C22H29N3O2/c1-15-16(10-23-24(15)4)11-25-12-22(13-25)9-18-20(26-14-22)17-7-5-6-8-19(17)27-21(18,2)3/h5-8,10,18,20H,9,11-14H2,1-4H3/t18-,20+/m0/s1. The van der Waals surface area contributed by atoms with E-state index < -0.39 is 0 Å². The molecule has 0 radical (unpaired) electrons. The lowest BCUT2D eigenvalue weighted by atomic mass is 9.64. The molecule has 0 aliphatic carbocycles. The van der Waals surface area contributed by atoms with Gasteiger partial charge < -0.3 is 9.47 Å². The van der Waals surface area contributed by atoms with Gasteiger partial charge in [0.25, 0.3) is 0 Å². The Morgan fingerprint density at radius 1 is 1.22 bits per heavy atom. The summed E-state index contributed by atoms with van der Waals surface area (Å²) in [5.41, 5.74) is 3.88. The lowest BCUT2D eigenvalue weighted by molar-refractivity contribution is -0.200. The number of nitrogens with zero attached hydrogens (tertiary/aromatic N) is 3. The highest BCUT2D eigenvalue weighted by Crippen LogP contribution is 2.55. The fraction of sp³-hybridized carbons (Fsp3) is 0.591. The van der Waals surface area contributed by atoms with Crippen LogP contribution in [0.15, 0.2) is 30.5 Å². The van der Waals surface area contributed by atoms with Crippen molar-refractivity contribution in [1.82, 2.24) is 14.7 Å². The van der Waals surface area contributed by atoms with Crippen molar-refractivity contribution in [2.75, 3.05) is 19.7 Å². The number of benzene rings is 1. The summed E-state index contributed by atoms with van der Waals surface area (Å²) >= 11 is 0. The van der Waals surface area contributed by atoms with Crippen LogP contribution in [0.25, 0.3) is 0 Å². The van der Waals surface area contributed by atoms with Gasteiger partial charge in [-0.2, -0.15) is 5.10 Å². The van der Waals surface area contributed by atoms with Gasteiger partial charge in [0, 0.05) is 54.8 Å². The van der Waals surface area contributed by atoms with Crippen LogP contribution in [-0.2, 0) is 18.3 Å². The molecule has 2 aromatic rings. The minimum atomic E-state index is -0.202. The molecule has 4 heterocycles. The van der Waals surface area contributed by atoms with Crippen molar-refractivity contribution in [3.63, 3.8) is 0 Å². The second-order valence-corrected chi connectivity index (χ2v) is 9.31. The zero-order chi connectivity index (χ0) is 18.8. The molecule has 1 aromatic heterocycles. The summed E-state index contributed by atoms with van der Waals surface area (Å²) in [6.45, 7) is 10.6. The van der Waals surface area contributed by atoms with Gasteiger partial charge in [-0.05, 0) is 33.3 Å². The van der Waals surface area contributed by atoms with E-state index >= 15 is 0 Å². The molecule has 0 N–H and O–H groups in total. The van der Waals surface area contributed by atoms with E-state index in [-0.39, 0.29) is 17.1 Å². The van der Waals surface area contributed by atoms with E-state index in [1.807, 2.05) is 24.0 Å². The first-order chi connectivity index (χ1) is 12.9. The fourth-order valence-electron chi connectivity index (χ4n) is 5.27. The monoisotopic (exact) mass is 367 g/mol. The highest BCUT2D eigenvalue weighted by Gasteiger charge is 2.55. The molecule has 1 spiro atoms. The van der Waals surface area contributed by atoms with E-state index in [1.165, 1.54) is 23.2 Å². The molecule has 5 nitrogen and oxygen atoms in total. The Bertz CT molecular complexity index is 866. The van der Waals surface area contributed by atoms with Gasteiger partial charge >= 0.3 is 0 Å². The second-order valence-electron chi connectivity index (χ2n) is 9.31. The first kappa shape index (κ1) is 17.3. The number of aryl methyl sites for hydroxylation is 1. The van der Waals surface area contributed by atoms with E-state index in [1.54, 1.807) is 0 Å². The minimum absolute atomic E-state index is 0.158. The van der Waals surface area contributed by atoms with Gasteiger partial charge in [-0.15, -0.1) is 0 Å². The van der Waals surface area contributed by atoms with Crippen molar-refractivity contribution in [3.05, 3.63) is 47.3 Å². The van der Waals surface area contributed by atoms with Crippen LogP contribution in [0.3, 0.4) is 0 Å². The third-order valence-electron chi connectivity index (χ3n) is 6.93. The fourth-order valence-corrected chi connectivity index (χ4v) is 5.27. The molecule has 2 saturated heterocycles. The smallest absolute Gasteiger partial charge is 0.125 e. The van der Waals surface area contributed by atoms with Crippen molar-refractivity contribution < 1.29 is 9.47 Å². The van der Waals surface area contributed by atoms with Crippen LogP contribution in [0, 0.1) is 18.3 Å². The van der Waals surface area contributed by atoms with Gasteiger partial charge in [-0.1, -0.05) is 18.2 Å². The van der Waals surface area contributed by atoms with Gasteiger partial charge in [0.05, 0.1) is 18.9 Å². The number of aromatic nitrogens is 2. The normalized spacial score (nSPS) is 28.1. The largest absolute Gasteiger partial charge is 0.487 e. The summed E-state index contributed by atoms with van der Waals surface area (Å²) < 4.78 is 14.8. The zero-order valence-electron chi connectivity index (χ0n) is 16.7. The summed E-state index contributed by atoms with van der Waals surface area (Å²) in [6.07, 6.45) is 3.33. The number of likely N-dealkylation sites (tertiary alicyclic amines) is 1. The number of fused-ring (bicyclic) bond motifs is 3. The van der Waals surface area contributed by atoms with Crippen LogP contribution in [0.4, 0.5) is 0 Å². The van der Waals surface area contributed by atoms with E-state index in [9.17, 15) is 0 Å². The Hall–Kier alpha value is -1.85. The Morgan fingerprint density at radius 3 is 2.74 bits per heavy atom. The first-order valence-corrected chi connectivity index (χ1v) is 9.96. The molecule has 2 fully saturated rings. The average molecular weight is 367 g/mol.